The molecule has 7 nitrogen and oxygen atoms in total. The fourth-order valence-corrected chi connectivity index (χ4v) is 2.10. The van der Waals surface area contributed by atoms with E-state index >= 15 is 0 Å². The van der Waals surface area contributed by atoms with E-state index in [2.05, 4.69) is 0 Å². The first-order valence-electron chi connectivity index (χ1n) is 8.90. The Balaban J connectivity index is 0. The van der Waals surface area contributed by atoms with Crippen LogP contribution in [0, 0.1) is 0 Å². The van der Waals surface area contributed by atoms with Gasteiger partial charge in [-0.3, -0.25) is 19.3 Å². The first-order chi connectivity index (χ1) is 12.4. The summed E-state index contributed by atoms with van der Waals surface area (Å²) in [5.74, 6) is -3.84. The van der Waals surface area contributed by atoms with Crippen LogP contribution in [-0.4, -0.2) is 41.3 Å². The van der Waals surface area contributed by atoms with Crippen molar-refractivity contribution in [3.8, 4) is 0 Å². The summed E-state index contributed by atoms with van der Waals surface area (Å²) in [5.41, 5.74) is 0. The zero-order chi connectivity index (χ0) is 19.9. The van der Waals surface area contributed by atoms with E-state index < -0.39 is 36.2 Å². The molecular formula is C19H28NNaO6. The molecule has 0 aromatic carbocycles. The molecule has 0 aliphatic carbocycles. The molecule has 0 N–H and O–H groups in total. The summed E-state index contributed by atoms with van der Waals surface area (Å²) in [6.07, 6.45) is 7.68. The van der Waals surface area contributed by atoms with Crippen LogP contribution < -0.4 is 34.7 Å². The molecule has 0 bridgehead atoms. The number of esters is 1. The van der Waals surface area contributed by atoms with Gasteiger partial charge in [-0.2, -0.15) is 0 Å². The van der Waals surface area contributed by atoms with Gasteiger partial charge >= 0.3 is 35.5 Å². The van der Waals surface area contributed by atoms with E-state index in [0.717, 1.165) is 0 Å². The maximum absolute atomic E-state index is 12.4. The van der Waals surface area contributed by atoms with E-state index in [4.69, 9.17) is 4.74 Å². The second-order valence-corrected chi connectivity index (χ2v) is 5.58. The SMILES string of the molecule is CC/C=C/CC(=O)N(C(=O)C/C=C/CC)C(CC(=O)OCCC)C(=O)[O-].[Na+]. The van der Waals surface area contributed by atoms with Gasteiger partial charge in [-0.25, -0.2) is 0 Å². The summed E-state index contributed by atoms with van der Waals surface area (Å²) in [6, 6.07) is -1.69. The zero-order valence-corrected chi connectivity index (χ0v) is 18.7. The second-order valence-electron chi connectivity index (χ2n) is 5.58. The molecule has 0 saturated heterocycles. The Labute approximate surface area is 183 Å². The fourth-order valence-electron chi connectivity index (χ4n) is 2.10. The van der Waals surface area contributed by atoms with Crippen molar-refractivity contribution in [3.63, 3.8) is 0 Å². The van der Waals surface area contributed by atoms with Crippen LogP contribution in [0.5, 0.6) is 0 Å². The molecule has 2 amide bonds. The quantitative estimate of drug-likeness (QED) is 0.229. The van der Waals surface area contributed by atoms with Crippen LogP contribution in [0.2, 0.25) is 0 Å². The minimum atomic E-state index is -1.69. The van der Waals surface area contributed by atoms with Crippen LogP contribution >= 0.6 is 0 Å². The molecule has 0 aliphatic rings. The number of amides is 2. The molecule has 0 rings (SSSR count). The van der Waals surface area contributed by atoms with Crippen molar-refractivity contribution < 1.29 is 58.6 Å². The molecule has 0 heterocycles. The van der Waals surface area contributed by atoms with Crippen LogP contribution in [0.4, 0.5) is 0 Å². The zero-order valence-electron chi connectivity index (χ0n) is 16.7. The summed E-state index contributed by atoms with van der Waals surface area (Å²) < 4.78 is 4.87. The minimum absolute atomic E-state index is 0. The molecule has 0 radical (unpaired) electrons. The van der Waals surface area contributed by atoms with Crippen molar-refractivity contribution in [1.29, 1.82) is 0 Å². The molecule has 1 atom stereocenters. The third-order valence-corrected chi connectivity index (χ3v) is 3.34. The van der Waals surface area contributed by atoms with Gasteiger partial charge in [0.15, 0.2) is 0 Å². The predicted octanol–water partition coefficient (Wildman–Crippen LogP) is -1.48. The number of carboxylic acid groups (broad SMARTS) is 1. The summed E-state index contributed by atoms with van der Waals surface area (Å²) in [5, 5.41) is 11.5. The summed E-state index contributed by atoms with van der Waals surface area (Å²) >= 11 is 0. The Morgan fingerprint density at radius 2 is 1.41 bits per heavy atom. The number of hydrogen-bond acceptors (Lipinski definition) is 6. The molecule has 8 heteroatoms. The smallest absolute Gasteiger partial charge is 0.548 e. The van der Waals surface area contributed by atoms with Crippen molar-refractivity contribution >= 4 is 23.8 Å². The number of allylic oxidation sites excluding steroid dienone is 2. The number of carbonyl (C=O) groups excluding carboxylic acids is 4. The van der Waals surface area contributed by atoms with Gasteiger partial charge in [-0.05, 0) is 19.3 Å². The van der Waals surface area contributed by atoms with Crippen LogP contribution in [0.1, 0.15) is 59.3 Å². The summed E-state index contributed by atoms with van der Waals surface area (Å²) in [6.45, 7) is 5.70. The van der Waals surface area contributed by atoms with E-state index in [1.807, 2.05) is 13.8 Å². The van der Waals surface area contributed by atoms with Gasteiger partial charge in [-0.15, -0.1) is 0 Å². The van der Waals surface area contributed by atoms with E-state index in [9.17, 15) is 24.3 Å². The largest absolute Gasteiger partial charge is 1.00 e. The Kier molecular flexibility index (Phi) is 17.2. The number of aliphatic carboxylic acids is 1. The van der Waals surface area contributed by atoms with Gasteiger partial charge in [0.1, 0.15) is 0 Å². The number of hydrogen-bond donors (Lipinski definition) is 0. The Morgan fingerprint density at radius 3 is 1.78 bits per heavy atom. The van der Waals surface area contributed by atoms with Gasteiger partial charge in [0.25, 0.3) is 0 Å². The van der Waals surface area contributed by atoms with Gasteiger partial charge in [0, 0.05) is 12.8 Å². The molecular weight excluding hydrogens is 361 g/mol. The van der Waals surface area contributed by atoms with Crippen LogP contribution in [0.15, 0.2) is 24.3 Å². The van der Waals surface area contributed by atoms with Crippen LogP contribution in [0.25, 0.3) is 0 Å². The average Bonchev–Trinajstić information content (AvgIpc) is 2.59. The van der Waals surface area contributed by atoms with Gasteiger partial charge < -0.3 is 14.6 Å². The standard InChI is InChI=1S/C19H29NO6.Na/c1-4-7-9-11-16(21)20(17(22)12-10-8-5-2)15(19(24)25)14-18(23)26-13-6-3;/h7-10,15H,4-6,11-14H2,1-3H3,(H,24,25);/q;+1/p-1/b9-7+,10-8+;. The van der Waals surface area contributed by atoms with Crippen molar-refractivity contribution in [2.45, 2.75) is 65.3 Å². The maximum Gasteiger partial charge on any atom is 1.00 e. The third kappa shape index (κ3) is 11.8. The van der Waals surface area contributed by atoms with E-state index in [1.165, 1.54) is 0 Å². The second kappa shape index (κ2) is 16.7. The number of carboxylic acids is 1. The molecule has 1 unspecified atom stereocenters. The van der Waals surface area contributed by atoms with E-state index in [-0.39, 0.29) is 49.0 Å². The molecule has 0 fully saturated rings. The number of ether oxygens (including phenoxy) is 1. The molecule has 0 aromatic heterocycles. The monoisotopic (exact) mass is 389 g/mol. The Hall–Kier alpha value is -1.44. The third-order valence-electron chi connectivity index (χ3n) is 3.34. The normalized spacial score (nSPS) is 11.8. The van der Waals surface area contributed by atoms with Crippen molar-refractivity contribution in [1.82, 2.24) is 4.90 Å². The van der Waals surface area contributed by atoms with Gasteiger partial charge in [0.05, 0.1) is 25.0 Å². The fraction of sp³-hybridized carbons (Fsp3) is 0.579. The van der Waals surface area contributed by atoms with Crippen molar-refractivity contribution in [2.24, 2.45) is 0 Å². The van der Waals surface area contributed by atoms with Gasteiger partial charge in [-0.1, -0.05) is 45.1 Å². The topological polar surface area (TPSA) is 104 Å². The van der Waals surface area contributed by atoms with Gasteiger partial charge in [0.2, 0.25) is 11.8 Å². The average molecular weight is 389 g/mol. The van der Waals surface area contributed by atoms with Crippen molar-refractivity contribution in [3.05, 3.63) is 24.3 Å². The Bertz CT molecular complexity index is 516. The summed E-state index contributed by atoms with van der Waals surface area (Å²) in [7, 11) is 0. The number of carbonyl (C=O) groups is 4. The van der Waals surface area contributed by atoms with E-state index in [0.29, 0.717) is 24.2 Å². The number of nitrogens with zero attached hydrogens (tertiary/aromatic N) is 1. The summed E-state index contributed by atoms with van der Waals surface area (Å²) in [4.78, 5) is 48.8. The molecule has 0 saturated carbocycles. The van der Waals surface area contributed by atoms with Crippen LogP contribution in [-0.2, 0) is 23.9 Å². The minimum Gasteiger partial charge on any atom is -0.548 e. The number of rotatable bonds is 12. The molecule has 27 heavy (non-hydrogen) atoms. The first kappa shape index (κ1) is 27.8. The first-order valence-corrected chi connectivity index (χ1v) is 8.90. The Morgan fingerprint density at radius 1 is 0.926 bits per heavy atom. The molecule has 0 aromatic rings. The maximum atomic E-state index is 12.4. The predicted molar refractivity (Wildman–Crippen MR) is 94.6 cm³/mol. The van der Waals surface area contributed by atoms with Crippen LogP contribution in [0.3, 0.4) is 0 Å². The molecule has 146 valence electrons. The number of imide groups is 1. The molecule has 0 spiro atoms. The van der Waals surface area contributed by atoms with E-state index in [1.54, 1.807) is 31.2 Å². The van der Waals surface area contributed by atoms with Crippen molar-refractivity contribution in [2.75, 3.05) is 6.61 Å². The molecule has 0 aliphatic heterocycles.